The van der Waals surface area contributed by atoms with Crippen molar-refractivity contribution in [1.82, 2.24) is 5.16 Å². The Morgan fingerprint density at radius 3 is 2.54 bits per heavy atom. The lowest BCUT2D eigenvalue weighted by molar-refractivity contribution is 0.306. The van der Waals surface area contributed by atoms with Gasteiger partial charge in [0, 0.05) is 5.41 Å². The van der Waals surface area contributed by atoms with Crippen LogP contribution >= 0.6 is 11.6 Å². The van der Waals surface area contributed by atoms with E-state index < -0.39 is 0 Å². The summed E-state index contributed by atoms with van der Waals surface area (Å²) in [7, 11) is 0. The first-order valence-electron chi connectivity index (χ1n) is 4.55. The van der Waals surface area contributed by atoms with Gasteiger partial charge in [0.25, 0.3) is 0 Å². The average molecular weight is 201 g/mol. The predicted molar refractivity (Wildman–Crippen MR) is 51.7 cm³/mol. The molecule has 1 heterocycles. The minimum atomic E-state index is 0.0572. The number of hydrogen-bond acceptors (Lipinski definition) is 3. The van der Waals surface area contributed by atoms with Gasteiger partial charge in [0.05, 0.1) is 0 Å². The monoisotopic (exact) mass is 200 g/mol. The van der Waals surface area contributed by atoms with Gasteiger partial charge in [-0.05, 0) is 12.8 Å². The summed E-state index contributed by atoms with van der Waals surface area (Å²) < 4.78 is 5.18. The van der Waals surface area contributed by atoms with Crippen molar-refractivity contribution in [2.45, 2.75) is 38.0 Å². The molecule has 1 aliphatic carbocycles. The Hall–Kier alpha value is -0.700. The summed E-state index contributed by atoms with van der Waals surface area (Å²) in [4.78, 5) is 0. The molecule has 1 aliphatic rings. The van der Waals surface area contributed by atoms with Crippen LogP contribution in [0.4, 0.5) is 5.82 Å². The third-order valence-electron chi connectivity index (χ3n) is 2.91. The topological polar surface area (TPSA) is 52.0 Å². The number of aromatic nitrogens is 1. The van der Waals surface area contributed by atoms with Crippen LogP contribution in [0.3, 0.4) is 0 Å². The fraction of sp³-hybridized carbons (Fsp3) is 0.667. The Morgan fingerprint density at radius 2 is 2.08 bits per heavy atom. The van der Waals surface area contributed by atoms with Gasteiger partial charge >= 0.3 is 0 Å². The zero-order valence-electron chi connectivity index (χ0n) is 7.64. The molecular formula is C9H13ClN2O. The summed E-state index contributed by atoms with van der Waals surface area (Å²) in [6.45, 7) is 2.16. The van der Waals surface area contributed by atoms with Crippen molar-refractivity contribution in [3.8, 4) is 0 Å². The predicted octanol–water partition coefficient (Wildman–Crippen LogP) is 2.74. The van der Waals surface area contributed by atoms with Gasteiger partial charge in [0.2, 0.25) is 0 Å². The molecule has 1 fully saturated rings. The minimum absolute atomic E-state index is 0.0572. The zero-order chi connectivity index (χ0) is 9.47. The fourth-order valence-electron chi connectivity index (χ4n) is 2.05. The number of nitrogens with two attached hydrogens (primary N) is 1. The quantitative estimate of drug-likeness (QED) is 0.759. The van der Waals surface area contributed by atoms with Crippen molar-refractivity contribution in [3.05, 3.63) is 10.8 Å². The highest BCUT2D eigenvalue weighted by Gasteiger charge is 2.36. The van der Waals surface area contributed by atoms with Crippen molar-refractivity contribution < 1.29 is 4.52 Å². The Kier molecular flexibility index (Phi) is 1.99. The second-order valence-corrected chi connectivity index (χ2v) is 4.36. The van der Waals surface area contributed by atoms with Crippen LogP contribution < -0.4 is 5.73 Å². The lowest BCUT2D eigenvalue weighted by atomic mass is 9.86. The lowest BCUT2D eigenvalue weighted by Gasteiger charge is -2.19. The molecule has 0 amide bonds. The number of hydrogen-bond donors (Lipinski definition) is 1. The molecule has 13 heavy (non-hydrogen) atoms. The largest absolute Gasteiger partial charge is 0.380 e. The summed E-state index contributed by atoms with van der Waals surface area (Å²) in [6, 6.07) is 0. The second-order valence-electron chi connectivity index (χ2n) is 3.98. The van der Waals surface area contributed by atoms with Gasteiger partial charge in [-0.25, -0.2) is 0 Å². The molecule has 72 valence electrons. The highest BCUT2D eigenvalue weighted by atomic mass is 35.5. The van der Waals surface area contributed by atoms with Crippen molar-refractivity contribution in [2.24, 2.45) is 0 Å². The zero-order valence-corrected chi connectivity index (χ0v) is 8.40. The molecule has 0 bridgehead atoms. The molecular weight excluding hydrogens is 188 g/mol. The van der Waals surface area contributed by atoms with Crippen molar-refractivity contribution in [1.29, 1.82) is 0 Å². The van der Waals surface area contributed by atoms with E-state index in [2.05, 4.69) is 12.1 Å². The average Bonchev–Trinajstić information content (AvgIpc) is 2.63. The standard InChI is InChI=1S/C9H13ClN2O/c1-9(4-2-3-5-9)7-6(10)8(11)12-13-7/h2-5H2,1H3,(H2,11,12). The highest BCUT2D eigenvalue weighted by Crippen LogP contribution is 2.44. The maximum Gasteiger partial charge on any atom is 0.186 e. The molecule has 1 aromatic rings. The molecule has 0 saturated heterocycles. The van der Waals surface area contributed by atoms with E-state index >= 15 is 0 Å². The molecule has 0 spiro atoms. The number of anilines is 1. The molecule has 0 radical (unpaired) electrons. The SMILES string of the molecule is CC1(c2onc(N)c2Cl)CCCC1. The molecule has 3 nitrogen and oxygen atoms in total. The first-order valence-corrected chi connectivity index (χ1v) is 4.92. The van der Waals surface area contributed by atoms with Crippen LogP contribution in [0.5, 0.6) is 0 Å². The van der Waals surface area contributed by atoms with Crippen molar-refractivity contribution in [3.63, 3.8) is 0 Å². The first-order chi connectivity index (χ1) is 6.13. The van der Waals surface area contributed by atoms with E-state index in [1.165, 1.54) is 12.8 Å². The van der Waals surface area contributed by atoms with Crippen LogP contribution in [0.15, 0.2) is 4.52 Å². The number of halogens is 1. The first kappa shape index (κ1) is 8.88. The Labute approximate surface area is 82.2 Å². The van der Waals surface area contributed by atoms with Crippen LogP contribution in [-0.2, 0) is 5.41 Å². The lowest BCUT2D eigenvalue weighted by Crippen LogP contribution is -2.16. The highest BCUT2D eigenvalue weighted by molar-refractivity contribution is 6.33. The Morgan fingerprint density at radius 1 is 1.46 bits per heavy atom. The molecule has 1 aromatic heterocycles. The van der Waals surface area contributed by atoms with Gasteiger partial charge in [-0.3, -0.25) is 0 Å². The van der Waals surface area contributed by atoms with Crippen molar-refractivity contribution >= 4 is 17.4 Å². The Balaban J connectivity index is 2.39. The van der Waals surface area contributed by atoms with E-state index in [1.807, 2.05) is 0 Å². The van der Waals surface area contributed by atoms with E-state index in [1.54, 1.807) is 0 Å². The summed E-state index contributed by atoms with van der Waals surface area (Å²) in [5.41, 5.74) is 5.59. The molecule has 4 heteroatoms. The van der Waals surface area contributed by atoms with Gasteiger partial charge in [-0.1, -0.05) is 36.5 Å². The van der Waals surface area contributed by atoms with Gasteiger partial charge in [-0.15, -0.1) is 0 Å². The molecule has 0 aliphatic heterocycles. The van der Waals surface area contributed by atoms with Crippen LogP contribution in [-0.4, -0.2) is 5.16 Å². The normalized spacial score (nSPS) is 20.8. The van der Waals surface area contributed by atoms with Crippen molar-refractivity contribution in [2.75, 3.05) is 5.73 Å². The molecule has 1 saturated carbocycles. The van der Waals surface area contributed by atoms with E-state index in [9.17, 15) is 0 Å². The smallest absolute Gasteiger partial charge is 0.186 e. The number of rotatable bonds is 1. The van der Waals surface area contributed by atoms with Crippen LogP contribution in [0.2, 0.25) is 5.02 Å². The van der Waals surface area contributed by atoms with Gasteiger partial charge in [-0.2, -0.15) is 0 Å². The fourth-order valence-corrected chi connectivity index (χ4v) is 2.35. The summed E-state index contributed by atoms with van der Waals surface area (Å²) >= 11 is 6.00. The maximum atomic E-state index is 6.00. The van der Waals surface area contributed by atoms with E-state index in [-0.39, 0.29) is 5.41 Å². The summed E-state index contributed by atoms with van der Waals surface area (Å²) in [6.07, 6.45) is 4.68. The van der Waals surface area contributed by atoms with E-state index in [0.29, 0.717) is 10.8 Å². The molecule has 0 atom stereocenters. The Bertz CT molecular complexity index is 315. The number of nitrogens with zero attached hydrogens (tertiary/aromatic N) is 1. The second kappa shape index (κ2) is 2.91. The number of nitrogen functional groups attached to an aromatic ring is 1. The maximum absolute atomic E-state index is 6.00. The van der Waals surface area contributed by atoms with E-state index in [0.717, 1.165) is 18.6 Å². The third kappa shape index (κ3) is 1.31. The molecule has 2 rings (SSSR count). The molecule has 2 N–H and O–H groups in total. The van der Waals surface area contributed by atoms with Gasteiger partial charge in [0.1, 0.15) is 5.02 Å². The minimum Gasteiger partial charge on any atom is -0.380 e. The summed E-state index contributed by atoms with van der Waals surface area (Å²) in [5, 5.41) is 4.18. The van der Waals surface area contributed by atoms with Gasteiger partial charge in [0.15, 0.2) is 11.6 Å². The van der Waals surface area contributed by atoms with Crippen LogP contribution in [0, 0.1) is 0 Å². The van der Waals surface area contributed by atoms with Gasteiger partial charge < -0.3 is 10.3 Å². The van der Waals surface area contributed by atoms with Crippen LogP contribution in [0.25, 0.3) is 0 Å². The summed E-state index contributed by atoms with van der Waals surface area (Å²) in [5.74, 6) is 1.08. The molecule has 0 aromatic carbocycles. The molecule has 0 unspecified atom stereocenters. The van der Waals surface area contributed by atoms with Crippen LogP contribution in [0.1, 0.15) is 38.4 Å². The van der Waals surface area contributed by atoms with E-state index in [4.69, 9.17) is 21.9 Å². The third-order valence-corrected chi connectivity index (χ3v) is 3.28.